The first-order chi connectivity index (χ1) is 16.6. The van der Waals surface area contributed by atoms with E-state index in [1.165, 1.54) is 24.3 Å². The summed E-state index contributed by atoms with van der Waals surface area (Å²) in [5.41, 5.74) is -0.840. The van der Waals surface area contributed by atoms with Crippen molar-refractivity contribution in [2.75, 3.05) is 19.8 Å². The van der Waals surface area contributed by atoms with Crippen LogP contribution in [0.5, 0.6) is 0 Å². The number of hydrogen-bond acceptors (Lipinski definition) is 6. The molecule has 2 aromatic rings. The van der Waals surface area contributed by atoms with Gasteiger partial charge in [0, 0.05) is 17.2 Å². The lowest BCUT2D eigenvalue weighted by Crippen LogP contribution is -2.55. The highest BCUT2D eigenvalue weighted by molar-refractivity contribution is 6.00. The zero-order valence-electron chi connectivity index (χ0n) is 19.4. The van der Waals surface area contributed by atoms with Gasteiger partial charge in [-0.3, -0.25) is 14.4 Å². The quantitative estimate of drug-likeness (QED) is 0.354. The molecule has 1 saturated heterocycles. The number of Topliss-reactive ketones (excluding diaryl/α,β-unsaturated/α-hetero) is 1. The molecule has 10 heteroatoms. The Hall–Kier alpha value is -3.21. The first-order valence-electron chi connectivity index (χ1n) is 11.2. The average Bonchev–Trinajstić information content (AvgIpc) is 3.62. The van der Waals surface area contributed by atoms with Crippen LogP contribution in [-0.4, -0.2) is 65.3 Å². The zero-order chi connectivity index (χ0) is 25.8. The Bertz CT molecular complexity index is 1100. The summed E-state index contributed by atoms with van der Waals surface area (Å²) in [4.78, 5) is 38.4. The number of aliphatic hydroxyl groups is 2. The summed E-state index contributed by atoms with van der Waals surface area (Å²) < 4.78 is 32.5. The molecule has 2 amide bonds. The van der Waals surface area contributed by atoms with Crippen molar-refractivity contribution >= 4 is 17.6 Å². The highest BCUT2D eigenvalue weighted by Gasteiger charge is 2.54. The normalized spacial score (nSPS) is 18.6. The van der Waals surface area contributed by atoms with Crippen molar-refractivity contribution in [2.24, 2.45) is 5.92 Å². The number of ketones is 1. The summed E-state index contributed by atoms with van der Waals surface area (Å²) >= 11 is 0. The van der Waals surface area contributed by atoms with Crippen LogP contribution in [0.1, 0.15) is 30.6 Å². The minimum absolute atomic E-state index is 0.0236. The van der Waals surface area contributed by atoms with Gasteiger partial charge >= 0.3 is 0 Å². The number of amides is 2. The van der Waals surface area contributed by atoms with E-state index in [2.05, 4.69) is 10.6 Å². The van der Waals surface area contributed by atoms with Gasteiger partial charge in [-0.05, 0) is 42.2 Å². The number of carbonyl (C=O) groups excluding carboxylic acids is 3. The lowest BCUT2D eigenvalue weighted by atomic mass is 9.92. The average molecular weight is 491 g/mol. The number of benzene rings is 2. The van der Waals surface area contributed by atoms with Gasteiger partial charge in [0.1, 0.15) is 17.7 Å². The third-order valence-electron chi connectivity index (χ3n) is 5.71. The first-order valence-corrected chi connectivity index (χ1v) is 11.2. The molecule has 2 aromatic carbocycles. The number of aliphatic hydroxyl groups excluding tert-OH is 2. The van der Waals surface area contributed by atoms with Crippen molar-refractivity contribution in [3.05, 3.63) is 59.7 Å². The molecule has 8 nitrogen and oxygen atoms in total. The predicted molar refractivity (Wildman–Crippen MR) is 122 cm³/mol. The van der Waals surface area contributed by atoms with Crippen LogP contribution in [0.3, 0.4) is 0 Å². The van der Waals surface area contributed by atoms with E-state index in [-0.39, 0.29) is 30.1 Å². The first kappa shape index (κ1) is 26.4. The van der Waals surface area contributed by atoms with E-state index in [9.17, 15) is 33.4 Å². The fourth-order valence-corrected chi connectivity index (χ4v) is 3.68. The van der Waals surface area contributed by atoms with Gasteiger partial charge in [0.25, 0.3) is 5.91 Å². The number of halogens is 2. The maximum absolute atomic E-state index is 14.2. The molecule has 0 aromatic heterocycles. The van der Waals surface area contributed by atoms with Crippen molar-refractivity contribution in [1.82, 2.24) is 10.6 Å². The van der Waals surface area contributed by atoms with E-state index in [1.54, 1.807) is 6.07 Å². The molecule has 0 bridgehead atoms. The van der Waals surface area contributed by atoms with Crippen molar-refractivity contribution in [1.29, 1.82) is 0 Å². The smallest absolute Gasteiger partial charge is 0.252 e. The monoisotopic (exact) mass is 490 g/mol. The lowest BCUT2D eigenvalue weighted by Gasteiger charge is -2.24. The standard InChI is InChI=1S/C25H28F2N2O6/c1-14(2)8-20(22(32)25(12-31)13-35-25)28-24(34)21(11-30)29-23(33)16-5-3-4-15(9-16)18-7-6-17(26)10-19(18)27/h3-7,9-10,14,20-21,30-31H,8,11-13H2,1-2H3,(H,28,34)(H,29,33)/t20-,21-,25-/m0/s1. The van der Waals surface area contributed by atoms with E-state index < -0.39 is 60.1 Å². The molecule has 0 radical (unpaired) electrons. The molecule has 0 aliphatic carbocycles. The van der Waals surface area contributed by atoms with Crippen molar-refractivity contribution in [3.63, 3.8) is 0 Å². The number of ether oxygens (including phenoxy) is 1. The molecule has 3 rings (SSSR count). The lowest BCUT2D eigenvalue weighted by molar-refractivity contribution is -0.133. The van der Waals surface area contributed by atoms with Crippen LogP contribution in [-0.2, 0) is 14.3 Å². The largest absolute Gasteiger partial charge is 0.394 e. The Kier molecular flexibility index (Phi) is 8.31. The van der Waals surface area contributed by atoms with E-state index in [0.29, 0.717) is 5.56 Å². The number of hydrogen-bond donors (Lipinski definition) is 4. The van der Waals surface area contributed by atoms with Gasteiger partial charge in [-0.25, -0.2) is 8.78 Å². The van der Waals surface area contributed by atoms with E-state index in [0.717, 1.165) is 12.1 Å². The number of epoxide rings is 1. The molecule has 4 N–H and O–H groups in total. The van der Waals surface area contributed by atoms with Crippen molar-refractivity contribution < 1.29 is 38.1 Å². The summed E-state index contributed by atoms with van der Waals surface area (Å²) in [6.07, 6.45) is 0.271. The number of carbonyl (C=O) groups is 3. The second-order valence-electron chi connectivity index (χ2n) is 8.91. The zero-order valence-corrected chi connectivity index (χ0v) is 19.4. The molecule has 1 heterocycles. The summed E-state index contributed by atoms with van der Waals surface area (Å²) in [5, 5.41) is 24.2. The molecule has 0 saturated carbocycles. The second kappa shape index (κ2) is 11.0. The second-order valence-corrected chi connectivity index (χ2v) is 8.91. The third-order valence-corrected chi connectivity index (χ3v) is 5.71. The molecule has 1 aliphatic heterocycles. The molecular formula is C25H28F2N2O6. The number of nitrogens with one attached hydrogen (secondary N) is 2. The molecule has 0 spiro atoms. The van der Waals surface area contributed by atoms with E-state index >= 15 is 0 Å². The molecule has 35 heavy (non-hydrogen) atoms. The van der Waals surface area contributed by atoms with Crippen LogP contribution in [0, 0.1) is 17.6 Å². The molecule has 188 valence electrons. The van der Waals surface area contributed by atoms with Crippen LogP contribution >= 0.6 is 0 Å². The van der Waals surface area contributed by atoms with Crippen LogP contribution in [0.15, 0.2) is 42.5 Å². The summed E-state index contributed by atoms with van der Waals surface area (Å²) in [6, 6.07) is 6.59. The minimum atomic E-state index is -1.37. The minimum Gasteiger partial charge on any atom is -0.394 e. The number of rotatable bonds is 11. The van der Waals surface area contributed by atoms with Crippen LogP contribution in [0.25, 0.3) is 11.1 Å². The Balaban J connectivity index is 1.72. The molecule has 1 fully saturated rings. The van der Waals surface area contributed by atoms with E-state index in [1.807, 2.05) is 13.8 Å². The van der Waals surface area contributed by atoms with Gasteiger partial charge in [0.05, 0.1) is 25.9 Å². The van der Waals surface area contributed by atoms with Crippen LogP contribution in [0.4, 0.5) is 8.78 Å². The fraction of sp³-hybridized carbons (Fsp3) is 0.400. The molecular weight excluding hydrogens is 462 g/mol. The molecule has 3 atom stereocenters. The van der Waals surface area contributed by atoms with Crippen LogP contribution < -0.4 is 10.6 Å². The van der Waals surface area contributed by atoms with Gasteiger partial charge in [-0.15, -0.1) is 0 Å². The Morgan fingerprint density at radius 3 is 2.34 bits per heavy atom. The Morgan fingerprint density at radius 2 is 1.77 bits per heavy atom. The highest BCUT2D eigenvalue weighted by Crippen LogP contribution is 2.30. The Morgan fingerprint density at radius 1 is 1.06 bits per heavy atom. The topological polar surface area (TPSA) is 128 Å². The van der Waals surface area contributed by atoms with Gasteiger partial charge in [0.15, 0.2) is 11.4 Å². The summed E-state index contributed by atoms with van der Waals surface area (Å²) in [6.45, 7) is 2.51. The van der Waals surface area contributed by atoms with Gasteiger partial charge < -0.3 is 25.6 Å². The van der Waals surface area contributed by atoms with Crippen molar-refractivity contribution in [3.8, 4) is 11.1 Å². The van der Waals surface area contributed by atoms with Gasteiger partial charge in [-0.2, -0.15) is 0 Å². The molecule has 0 unspecified atom stereocenters. The van der Waals surface area contributed by atoms with Crippen LogP contribution in [0.2, 0.25) is 0 Å². The molecule has 1 aliphatic rings. The summed E-state index contributed by atoms with van der Waals surface area (Å²) in [5.74, 6) is -3.47. The summed E-state index contributed by atoms with van der Waals surface area (Å²) in [7, 11) is 0. The maximum Gasteiger partial charge on any atom is 0.252 e. The third kappa shape index (κ3) is 6.27. The van der Waals surface area contributed by atoms with Gasteiger partial charge in [0.2, 0.25) is 5.91 Å². The van der Waals surface area contributed by atoms with E-state index in [4.69, 9.17) is 4.74 Å². The predicted octanol–water partition coefficient (Wildman–Crippen LogP) is 1.58. The maximum atomic E-state index is 14.2. The van der Waals surface area contributed by atoms with Gasteiger partial charge in [-0.1, -0.05) is 26.0 Å². The highest BCUT2D eigenvalue weighted by atomic mass is 19.1. The Labute approximate surface area is 201 Å². The van der Waals surface area contributed by atoms with Crippen molar-refractivity contribution in [2.45, 2.75) is 38.0 Å². The fourth-order valence-electron chi connectivity index (χ4n) is 3.68. The SMILES string of the molecule is CC(C)C[C@H](NC(=O)[C@H](CO)NC(=O)c1cccc(-c2ccc(F)cc2F)c1)C(=O)[C@]1(CO)CO1.